The molecule has 1 unspecified atom stereocenters. The van der Waals surface area contributed by atoms with Gasteiger partial charge in [0.05, 0.1) is 16.8 Å². The number of hydrogen-bond acceptors (Lipinski definition) is 3. The van der Waals surface area contributed by atoms with Gasteiger partial charge in [-0.05, 0) is 31.5 Å². The van der Waals surface area contributed by atoms with E-state index in [1.165, 1.54) is 0 Å². The molecule has 2 nitrogen and oxygen atoms in total. The SMILES string of the molecule is CC1CCSC(Nc2cc(Br)ccc2Cl)=N1. The average Bonchev–Trinajstić information content (AvgIpc) is 2.24. The van der Waals surface area contributed by atoms with E-state index in [0.717, 1.165) is 27.5 Å². The molecule has 1 aromatic carbocycles. The summed E-state index contributed by atoms with van der Waals surface area (Å²) >= 11 is 11.3. The molecule has 1 N–H and O–H groups in total. The molecule has 16 heavy (non-hydrogen) atoms. The highest BCUT2D eigenvalue weighted by atomic mass is 79.9. The van der Waals surface area contributed by atoms with Crippen LogP contribution < -0.4 is 5.32 Å². The molecule has 1 atom stereocenters. The molecule has 1 aliphatic rings. The number of benzene rings is 1. The molecule has 0 bridgehead atoms. The van der Waals surface area contributed by atoms with Crippen molar-refractivity contribution >= 4 is 50.1 Å². The van der Waals surface area contributed by atoms with Crippen LogP contribution in [0.1, 0.15) is 13.3 Å². The van der Waals surface area contributed by atoms with Gasteiger partial charge in [0, 0.05) is 10.2 Å². The maximum atomic E-state index is 6.10. The summed E-state index contributed by atoms with van der Waals surface area (Å²) in [5.74, 6) is 1.11. The molecule has 0 amide bonds. The predicted molar refractivity (Wildman–Crippen MR) is 76.7 cm³/mol. The molecule has 0 saturated heterocycles. The third-order valence-corrected chi connectivity index (χ3v) is 4.03. The Morgan fingerprint density at radius 2 is 2.38 bits per heavy atom. The van der Waals surface area contributed by atoms with Crippen molar-refractivity contribution in [1.29, 1.82) is 0 Å². The number of rotatable bonds is 1. The summed E-state index contributed by atoms with van der Waals surface area (Å²) in [5, 5.41) is 4.94. The molecule has 0 aliphatic carbocycles. The van der Waals surface area contributed by atoms with E-state index in [-0.39, 0.29) is 0 Å². The highest BCUT2D eigenvalue weighted by Crippen LogP contribution is 2.28. The van der Waals surface area contributed by atoms with Crippen LogP contribution in [0.3, 0.4) is 0 Å². The fourth-order valence-corrected chi connectivity index (χ4v) is 3.02. The molecule has 86 valence electrons. The maximum Gasteiger partial charge on any atom is 0.161 e. The number of thioether (sulfide) groups is 1. The number of anilines is 1. The van der Waals surface area contributed by atoms with E-state index in [2.05, 4.69) is 33.2 Å². The van der Waals surface area contributed by atoms with E-state index in [4.69, 9.17) is 11.6 Å². The Morgan fingerprint density at radius 3 is 3.12 bits per heavy atom. The molecule has 0 aromatic heterocycles. The van der Waals surface area contributed by atoms with Crippen LogP contribution in [0.15, 0.2) is 27.7 Å². The molecule has 0 radical (unpaired) electrons. The van der Waals surface area contributed by atoms with Crippen molar-refractivity contribution in [2.24, 2.45) is 4.99 Å². The van der Waals surface area contributed by atoms with E-state index in [0.29, 0.717) is 11.1 Å². The molecule has 5 heteroatoms. The molecular formula is C11H12BrClN2S. The predicted octanol–water partition coefficient (Wildman–Crippen LogP) is 4.40. The number of hydrogen-bond donors (Lipinski definition) is 1. The first kappa shape index (κ1) is 12.3. The van der Waals surface area contributed by atoms with Crippen LogP contribution >= 0.6 is 39.3 Å². The van der Waals surface area contributed by atoms with Gasteiger partial charge in [-0.15, -0.1) is 0 Å². The Labute approximate surface area is 113 Å². The van der Waals surface area contributed by atoms with Crippen molar-refractivity contribution in [2.75, 3.05) is 11.1 Å². The minimum Gasteiger partial charge on any atom is -0.334 e. The normalized spacial score (nSPS) is 20.4. The lowest BCUT2D eigenvalue weighted by molar-refractivity contribution is 0.720. The van der Waals surface area contributed by atoms with Crippen molar-refractivity contribution in [3.63, 3.8) is 0 Å². The van der Waals surface area contributed by atoms with Crippen LogP contribution in [0.5, 0.6) is 0 Å². The van der Waals surface area contributed by atoms with E-state index >= 15 is 0 Å². The van der Waals surface area contributed by atoms with Crippen molar-refractivity contribution < 1.29 is 0 Å². The zero-order chi connectivity index (χ0) is 11.5. The minimum absolute atomic E-state index is 0.398. The molecule has 1 heterocycles. The maximum absolute atomic E-state index is 6.10. The molecule has 2 rings (SSSR count). The van der Waals surface area contributed by atoms with Gasteiger partial charge in [0.2, 0.25) is 0 Å². The van der Waals surface area contributed by atoms with Crippen LogP contribution in [0.4, 0.5) is 5.69 Å². The molecular weight excluding hydrogens is 308 g/mol. The summed E-state index contributed by atoms with van der Waals surface area (Å²) in [6.45, 7) is 2.13. The van der Waals surface area contributed by atoms with Crippen molar-refractivity contribution in [3.8, 4) is 0 Å². The number of halogens is 2. The average molecular weight is 320 g/mol. The Bertz CT molecular complexity index is 422. The fraction of sp³-hybridized carbons (Fsp3) is 0.364. The van der Waals surface area contributed by atoms with Crippen LogP contribution in [0.25, 0.3) is 0 Å². The van der Waals surface area contributed by atoms with Crippen LogP contribution in [0.2, 0.25) is 5.02 Å². The van der Waals surface area contributed by atoms with Gasteiger partial charge >= 0.3 is 0 Å². The van der Waals surface area contributed by atoms with Gasteiger partial charge in [-0.3, -0.25) is 4.99 Å². The standard InChI is InChI=1S/C11H12BrClN2S/c1-7-4-5-16-11(14-7)15-10-6-8(12)2-3-9(10)13/h2-3,6-7H,4-5H2,1H3,(H,14,15). The quantitative estimate of drug-likeness (QED) is 0.830. The number of nitrogens with one attached hydrogen (secondary N) is 1. The van der Waals surface area contributed by atoms with Crippen LogP contribution in [-0.4, -0.2) is 17.0 Å². The Kier molecular flexibility index (Phi) is 4.16. The first-order valence-electron chi connectivity index (χ1n) is 5.08. The number of amidine groups is 1. The van der Waals surface area contributed by atoms with Crippen molar-refractivity contribution in [1.82, 2.24) is 0 Å². The zero-order valence-electron chi connectivity index (χ0n) is 8.84. The summed E-state index contributed by atoms with van der Waals surface area (Å²) < 4.78 is 1.01. The molecule has 1 aromatic rings. The number of nitrogens with zero attached hydrogens (tertiary/aromatic N) is 1. The second-order valence-electron chi connectivity index (χ2n) is 3.67. The Hall–Kier alpha value is -0.190. The van der Waals surface area contributed by atoms with Gasteiger partial charge in [0.15, 0.2) is 5.17 Å². The summed E-state index contributed by atoms with van der Waals surface area (Å²) in [4.78, 5) is 4.54. The highest BCUT2D eigenvalue weighted by molar-refractivity contribution is 9.10. The van der Waals surface area contributed by atoms with Gasteiger partial charge in [0.25, 0.3) is 0 Å². The monoisotopic (exact) mass is 318 g/mol. The topological polar surface area (TPSA) is 24.4 Å². The third kappa shape index (κ3) is 3.15. The Morgan fingerprint density at radius 1 is 1.56 bits per heavy atom. The number of aliphatic imine (C=N–C) groups is 1. The highest BCUT2D eigenvalue weighted by Gasteiger charge is 2.12. The summed E-state index contributed by atoms with van der Waals surface area (Å²) in [7, 11) is 0. The molecule has 0 saturated carbocycles. The van der Waals surface area contributed by atoms with Crippen molar-refractivity contribution in [2.45, 2.75) is 19.4 Å². The fourth-order valence-electron chi connectivity index (χ4n) is 1.40. The molecule has 0 fully saturated rings. The second-order valence-corrected chi connectivity index (χ2v) is 6.08. The van der Waals surface area contributed by atoms with E-state index < -0.39 is 0 Å². The summed E-state index contributed by atoms with van der Waals surface area (Å²) in [6, 6.07) is 6.15. The van der Waals surface area contributed by atoms with Crippen LogP contribution in [-0.2, 0) is 0 Å². The molecule has 1 aliphatic heterocycles. The lowest BCUT2D eigenvalue weighted by Gasteiger charge is -2.18. The van der Waals surface area contributed by atoms with Crippen molar-refractivity contribution in [3.05, 3.63) is 27.7 Å². The first-order chi connectivity index (χ1) is 7.65. The van der Waals surface area contributed by atoms with Gasteiger partial charge < -0.3 is 5.32 Å². The Balaban J connectivity index is 2.17. The second kappa shape index (κ2) is 5.43. The van der Waals surface area contributed by atoms with E-state index in [1.807, 2.05) is 18.2 Å². The summed E-state index contributed by atoms with van der Waals surface area (Å²) in [6.07, 6.45) is 1.14. The smallest absolute Gasteiger partial charge is 0.161 e. The zero-order valence-corrected chi connectivity index (χ0v) is 12.0. The molecule has 0 spiro atoms. The first-order valence-corrected chi connectivity index (χ1v) is 7.23. The largest absolute Gasteiger partial charge is 0.334 e. The minimum atomic E-state index is 0.398. The van der Waals surface area contributed by atoms with Gasteiger partial charge in [0.1, 0.15) is 0 Å². The van der Waals surface area contributed by atoms with Gasteiger partial charge in [-0.1, -0.05) is 39.3 Å². The van der Waals surface area contributed by atoms with Gasteiger partial charge in [-0.2, -0.15) is 0 Å². The van der Waals surface area contributed by atoms with Gasteiger partial charge in [-0.25, -0.2) is 0 Å². The van der Waals surface area contributed by atoms with E-state index in [1.54, 1.807) is 11.8 Å². The van der Waals surface area contributed by atoms with Crippen LogP contribution in [0, 0.1) is 0 Å². The lowest BCUT2D eigenvalue weighted by atomic mass is 10.3. The lowest BCUT2D eigenvalue weighted by Crippen LogP contribution is -2.18. The third-order valence-electron chi connectivity index (χ3n) is 2.28. The summed E-state index contributed by atoms with van der Waals surface area (Å²) in [5.41, 5.74) is 0.899. The van der Waals surface area contributed by atoms with E-state index in [9.17, 15) is 0 Å².